The molecule has 15 heavy (non-hydrogen) atoms. The fraction of sp³-hybridized carbons (Fsp3) is 0.700. The van der Waals surface area contributed by atoms with Gasteiger partial charge in [0, 0.05) is 26.1 Å². The molecule has 0 radical (unpaired) electrons. The largest absolute Gasteiger partial charge is 0.354 e. The molecule has 2 fully saturated rings. The van der Waals surface area contributed by atoms with E-state index in [2.05, 4.69) is 11.4 Å². The minimum Gasteiger partial charge on any atom is -0.354 e. The Morgan fingerprint density at radius 2 is 2.20 bits per heavy atom. The molecular weight excluding hydrogens is 194 g/mol. The number of rotatable bonds is 1. The van der Waals surface area contributed by atoms with Crippen molar-refractivity contribution in [3.63, 3.8) is 0 Å². The Morgan fingerprint density at radius 3 is 2.80 bits per heavy atom. The monoisotopic (exact) mass is 207 g/mol. The summed E-state index contributed by atoms with van der Waals surface area (Å²) in [5.74, 6) is -0.117. The van der Waals surface area contributed by atoms with Crippen molar-refractivity contribution in [2.75, 3.05) is 19.6 Å². The summed E-state index contributed by atoms with van der Waals surface area (Å²) in [5, 5.41) is 11.6. The molecule has 80 valence electrons. The zero-order valence-corrected chi connectivity index (χ0v) is 8.45. The zero-order valence-electron chi connectivity index (χ0n) is 8.45. The number of carbonyl (C=O) groups excluding carboxylic acids is 2. The molecule has 2 rings (SSSR count). The Labute approximate surface area is 88.0 Å². The van der Waals surface area contributed by atoms with Crippen LogP contribution in [0.25, 0.3) is 0 Å². The van der Waals surface area contributed by atoms with Gasteiger partial charge in [-0.05, 0) is 12.8 Å². The van der Waals surface area contributed by atoms with Crippen molar-refractivity contribution in [1.29, 1.82) is 5.26 Å². The SMILES string of the molecule is N#CC1(C(=O)N2CCNC(=O)CC2)CC1. The van der Waals surface area contributed by atoms with Gasteiger partial charge in [0.05, 0.1) is 6.07 Å². The van der Waals surface area contributed by atoms with E-state index in [1.807, 2.05) is 0 Å². The standard InChI is InChI=1S/C10H13N3O2/c11-7-10(2-3-10)9(15)13-5-1-8(14)12-4-6-13/h1-6H2,(H,12,14). The van der Waals surface area contributed by atoms with Crippen molar-refractivity contribution in [2.24, 2.45) is 5.41 Å². The summed E-state index contributed by atoms with van der Waals surface area (Å²) in [5.41, 5.74) is -0.757. The molecular formula is C10H13N3O2. The van der Waals surface area contributed by atoms with Crippen LogP contribution in [0, 0.1) is 16.7 Å². The van der Waals surface area contributed by atoms with E-state index in [4.69, 9.17) is 5.26 Å². The third-order valence-corrected chi connectivity index (χ3v) is 2.97. The van der Waals surface area contributed by atoms with E-state index >= 15 is 0 Å². The number of carbonyl (C=O) groups is 2. The van der Waals surface area contributed by atoms with E-state index < -0.39 is 5.41 Å². The maximum atomic E-state index is 11.9. The molecule has 1 aliphatic heterocycles. The van der Waals surface area contributed by atoms with Crippen LogP contribution in [0.5, 0.6) is 0 Å². The fourth-order valence-electron chi connectivity index (χ4n) is 1.77. The number of amides is 2. The first kappa shape index (κ1) is 9.97. The smallest absolute Gasteiger partial charge is 0.243 e. The summed E-state index contributed by atoms with van der Waals surface area (Å²) in [4.78, 5) is 24.6. The van der Waals surface area contributed by atoms with Crippen LogP contribution in [-0.2, 0) is 9.59 Å². The van der Waals surface area contributed by atoms with Gasteiger partial charge in [-0.15, -0.1) is 0 Å². The number of hydrogen-bond donors (Lipinski definition) is 1. The van der Waals surface area contributed by atoms with Gasteiger partial charge in [0.25, 0.3) is 0 Å². The van der Waals surface area contributed by atoms with Gasteiger partial charge in [0.2, 0.25) is 11.8 Å². The van der Waals surface area contributed by atoms with Gasteiger partial charge in [-0.25, -0.2) is 0 Å². The topological polar surface area (TPSA) is 73.2 Å². The average Bonchev–Trinajstić information content (AvgIpc) is 3.02. The number of nitrogens with one attached hydrogen (secondary N) is 1. The molecule has 0 aromatic carbocycles. The molecule has 0 aromatic heterocycles. The lowest BCUT2D eigenvalue weighted by atomic mass is 10.1. The predicted octanol–water partition coefficient (Wildman–Crippen LogP) is -0.361. The van der Waals surface area contributed by atoms with E-state index in [0.717, 1.165) is 0 Å². The second-order valence-corrected chi connectivity index (χ2v) is 4.09. The van der Waals surface area contributed by atoms with Gasteiger partial charge in [-0.1, -0.05) is 0 Å². The van der Waals surface area contributed by atoms with Crippen LogP contribution < -0.4 is 5.32 Å². The summed E-state index contributed by atoms with van der Waals surface area (Å²) in [6, 6.07) is 2.08. The maximum Gasteiger partial charge on any atom is 0.243 e. The zero-order chi connectivity index (χ0) is 10.9. The van der Waals surface area contributed by atoms with Crippen LogP contribution >= 0.6 is 0 Å². The third kappa shape index (κ3) is 1.80. The summed E-state index contributed by atoms with van der Waals surface area (Å²) in [6.45, 7) is 1.45. The summed E-state index contributed by atoms with van der Waals surface area (Å²) in [7, 11) is 0. The van der Waals surface area contributed by atoms with Crippen LogP contribution in [0.15, 0.2) is 0 Å². The molecule has 1 saturated carbocycles. The number of nitriles is 1. The normalized spacial score (nSPS) is 23.7. The molecule has 1 aliphatic carbocycles. The van der Waals surface area contributed by atoms with Crippen LogP contribution in [0.4, 0.5) is 0 Å². The highest BCUT2D eigenvalue weighted by Gasteiger charge is 2.52. The van der Waals surface area contributed by atoms with E-state index in [0.29, 0.717) is 38.9 Å². The summed E-state index contributed by atoms with van der Waals surface area (Å²) in [6.07, 6.45) is 1.67. The maximum absolute atomic E-state index is 11.9. The number of nitrogens with zero attached hydrogens (tertiary/aromatic N) is 2. The molecule has 0 atom stereocenters. The van der Waals surface area contributed by atoms with Gasteiger partial charge in [0.15, 0.2) is 0 Å². The van der Waals surface area contributed by atoms with Crippen LogP contribution in [0.1, 0.15) is 19.3 Å². The van der Waals surface area contributed by atoms with Crippen LogP contribution in [-0.4, -0.2) is 36.3 Å². The molecule has 0 aromatic rings. The highest BCUT2D eigenvalue weighted by molar-refractivity contribution is 5.89. The second-order valence-electron chi connectivity index (χ2n) is 4.09. The Hall–Kier alpha value is -1.57. The van der Waals surface area contributed by atoms with E-state index in [1.165, 1.54) is 0 Å². The predicted molar refractivity (Wildman–Crippen MR) is 51.5 cm³/mol. The Balaban J connectivity index is 2.02. The lowest BCUT2D eigenvalue weighted by molar-refractivity contribution is -0.134. The fourth-order valence-corrected chi connectivity index (χ4v) is 1.77. The Bertz CT molecular complexity index is 341. The Morgan fingerprint density at radius 1 is 1.47 bits per heavy atom. The van der Waals surface area contributed by atoms with Crippen molar-refractivity contribution in [2.45, 2.75) is 19.3 Å². The van der Waals surface area contributed by atoms with Gasteiger partial charge in [-0.3, -0.25) is 9.59 Å². The Kier molecular flexibility index (Phi) is 2.35. The van der Waals surface area contributed by atoms with Gasteiger partial charge >= 0.3 is 0 Å². The molecule has 5 nitrogen and oxygen atoms in total. The van der Waals surface area contributed by atoms with Crippen molar-refractivity contribution in [3.8, 4) is 6.07 Å². The van der Waals surface area contributed by atoms with Crippen molar-refractivity contribution in [1.82, 2.24) is 10.2 Å². The molecule has 1 saturated heterocycles. The highest BCUT2D eigenvalue weighted by Crippen LogP contribution is 2.46. The minimum absolute atomic E-state index is 0.0212. The van der Waals surface area contributed by atoms with Gasteiger partial charge < -0.3 is 10.2 Å². The van der Waals surface area contributed by atoms with Gasteiger partial charge in [-0.2, -0.15) is 5.26 Å². The summed E-state index contributed by atoms with van der Waals surface area (Å²) < 4.78 is 0. The quantitative estimate of drug-likeness (QED) is 0.638. The van der Waals surface area contributed by atoms with Crippen molar-refractivity contribution < 1.29 is 9.59 Å². The third-order valence-electron chi connectivity index (χ3n) is 2.97. The molecule has 1 N–H and O–H groups in total. The summed E-state index contributed by atoms with van der Waals surface area (Å²) >= 11 is 0. The molecule has 0 unspecified atom stereocenters. The first-order valence-electron chi connectivity index (χ1n) is 5.15. The van der Waals surface area contributed by atoms with Crippen molar-refractivity contribution in [3.05, 3.63) is 0 Å². The van der Waals surface area contributed by atoms with Crippen LogP contribution in [0.3, 0.4) is 0 Å². The average molecular weight is 207 g/mol. The lowest BCUT2D eigenvalue weighted by Gasteiger charge is -2.21. The van der Waals surface area contributed by atoms with E-state index in [9.17, 15) is 9.59 Å². The van der Waals surface area contributed by atoms with Gasteiger partial charge in [0.1, 0.15) is 5.41 Å². The minimum atomic E-state index is -0.757. The second kappa shape index (κ2) is 3.54. The lowest BCUT2D eigenvalue weighted by Crippen LogP contribution is -2.39. The number of hydrogen-bond acceptors (Lipinski definition) is 3. The van der Waals surface area contributed by atoms with E-state index in [-0.39, 0.29) is 11.8 Å². The molecule has 2 amide bonds. The molecule has 2 aliphatic rings. The first-order valence-corrected chi connectivity index (χ1v) is 5.15. The first-order chi connectivity index (χ1) is 7.18. The molecule has 0 bridgehead atoms. The highest BCUT2D eigenvalue weighted by atomic mass is 16.2. The van der Waals surface area contributed by atoms with Crippen molar-refractivity contribution >= 4 is 11.8 Å². The van der Waals surface area contributed by atoms with E-state index in [1.54, 1.807) is 4.90 Å². The molecule has 1 heterocycles. The van der Waals surface area contributed by atoms with Crippen LogP contribution in [0.2, 0.25) is 0 Å². The molecule has 5 heteroatoms. The molecule has 0 spiro atoms.